The average molecular weight is 169 g/mol. The monoisotopic (exact) mass is 169 g/mol. The predicted molar refractivity (Wildman–Crippen MR) is 44.5 cm³/mol. The first-order valence-corrected chi connectivity index (χ1v) is 4.75. The minimum absolute atomic E-state index is 0.292. The molecule has 1 N–H and O–H groups in total. The Hall–Kier alpha value is -0.410. The van der Waals surface area contributed by atoms with Gasteiger partial charge in [-0.1, -0.05) is 0 Å². The number of rotatable bonds is 2. The van der Waals surface area contributed by atoms with Gasteiger partial charge in [0.2, 0.25) is 0 Å². The van der Waals surface area contributed by atoms with Crippen molar-refractivity contribution in [3.63, 3.8) is 0 Å². The second kappa shape index (κ2) is 2.57. The number of thiazole rings is 1. The van der Waals surface area contributed by atoms with E-state index in [9.17, 15) is 5.11 Å². The summed E-state index contributed by atoms with van der Waals surface area (Å²) in [6.45, 7) is 1.97. The van der Waals surface area contributed by atoms with E-state index in [4.69, 9.17) is 0 Å². The van der Waals surface area contributed by atoms with Gasteiger partial charge in [-0.2, -0.15) is 0 Å². The zero-order chi connectivity index (χ0) is 7.84. The van der Waals surface area contributed by atoms with Crippen molar-refractivity contribution in [3.8, 4) is 0 Å². The first-order valence-electron chi connectivity index (χ1n) is 3.87. The van der Waals surface area contributed by atoms with Gasteiger partial charge in [-0.15, -0.1) is 11.3 Å². The van der Waals surface area contributed by atoms with E-state index in [0.717, 1.165) is 23.5 Å². The third-order valence-corrected chi connectivity index (χ3v) is 2.80. The molecule has 1 fully saturated rings. The Kier molecular flexibility index (Phi) is 1.69. The summed E-state index contributed by atoms with van der Waals surface area (Å²) in [6, 6.07) is 0. The third kappa shape index (κ3) is 1.44. The first-order chi connectivity index (χ1) is 5.27. The fourth-order valence-electron chi connectivity index (χ4n) is 1.17. The number of aromatic nitrogens is 1. The van der Waals surface area contributed by atoms with Crippen LogP contribution < -0.4 is 0 Å². The van der Waals surface area contributed by atoms with Crippen LogP contribution in [0.4, 0.5) is 0 Å². The summed E-state index contributed by atoms with van der Waals surface area (Å²) in [5.74, 6) is 0.497. The number of hydrogen-bond acceptors (Lipinski definition) is 3. The van der Waals surface area contributed by atoms with Crippen molar-refractivity contribution in [1.82, 2.24) is 4.98 Å². The highest BCUT2D eigenvalue weighted by Gasteiger charge is 2.31. The highest BCUT2D eigenvalue weighted by molar-refractivity contribution is 7.09. The van der Waals surface area contributed by atoms with Crippen molar-refractivity contribution in [3.05, 3.63) is 16.1 Å². The van der Waals surface area contributed by atoms with Crippen molar-refractivity contribution >= 4 is 11.3 Å². The van der Waals surface area contributed by atoms with Crippen LogP contribution in [0.1, 0.15) is 29.6 Å². The molecule has 1 heterocycles. The molecule has 0 radical (unpaired) electrons. The standard InChI is InChI=1S/C8H11NOS/c1-5-9-7(4-11-5)8(10)6-2-3-6/h4,6,8,10H,2-3H2,1H3. The Labute approximate surface area is 69.9 Å². The molecule has 1 aromatic rings. The number of hydrogen-bond donors (Lipinski definition) is 1. The smallest absolute Gasteiger partial charge is 0.0996 e. The Balaban J connectivity index is 2.14. The molecule has 1 atom stereocenters. The molecule has 0 aliphatic heterocycles. The quantitative estimate of drug-likeness (QED) is 0.733. The van der Waals surface area contributed by atoms with E-state index in [1.54, 1.807) is 11.3 Å². The summed E-state index contributed by atoms with van der Waals surface area (Å²) in [7, 11) is 0. The topological polar surface area (TPSA) is 33.1 Å². The molecule has 0 spiro atoms. The average Bonchev–Trinajstić information content (AvgIpc) is 2.74. The molecule has 2 rings (SSSR count). The van der Waals surface area contributed by atoms with E-state index in [1.807, 2.05) is 12.3 Å². The van der Waals surface area contributed by atoms with Crippen molar-refractivity contribution < 1.29 is 5.11 Å². The summed E-state index contributed by atoms with van der Waals surface area (Å²) in [5.41, 5.74) is 0.870. The van der Waals surface area contributed by atoms with E-state index < -0.39 is 0 Å². The van der Waals surface area contributed by atoms with Crippen LogP contribution in [0.2, 0.25) is 0 Å². The fraction of sp³-hybridized carbons (Fsp3) is 0.625. The van der Waals surface area contributed by atoms with Crippen LogP contribution in [0, 0.1) is 12.8 Å². The van der Waals surface area contributed by atoms with Crippen LogP contribution >= 0.6 is 11.3 Å². The summed E-state index contributed by atoms with van der Waals surface area (Å²) in [5, 5.41) is 12.6. The van der Waals surface area contributed by atoms with Crippen LogP contribution in [0.3, 0.4) is 0 Å². The third-order valence-electron chi connectivity index (χ3n) is 2.01. The lowest BCUT2D eigenvalue weighted by Crippen LogP contribution is -1.99. The van der Waals surface area contributed by atoms with E-state index in [-0.39, 0.29) is 6.10 Å². The minimum Gasteiger partial charge on any atom is -0.386 e. The Morgan fingerprint density at radius 1 is 1.73 bits per heavy atom. The van der Waals surface area contributed by atoms with Crippen LogP contribution in [0.15, 0.2) is 5.38 Å². The Morgan fingerprint density at radius 2 is 2.45 bits per heavy atom. The van der Waals surface area contributed by atoms with Gasteiger partial charge in [0.15, 0.2) is 0 Å². The van der Waals surface area contributed by atoms with Gasteiger partial charge >= 0.3 is 0 Å². The van der Waals surface area contributed by atoms with Crippen molar-refractivity contribution in [1.29, 1.82) is 0 Å². The molecule has 0 bridgehead atoms. The number of aryl methyl sites for hydroxylation is 1. The molecule has 1 aromatic heterocycles. The van der Waals surface area contributed by atoms with Crippen LogP contribution in [-0.2, 0) is 0 Å². The van der Waals surface area contributed by atoms with Crippen LogP contribution in [0.25, 0.3) is 0 Å². The SMILES string of the molecule is Cc1nc(C(O)C2CC2)cs1. The van der Waals surface area contributed by atoms with Gasteiger partial charge in [0, 0.05) is 5.38 Å². The summed E-state index contributed by atoms with van der Waals surface area (Å²) < 4.78 is 0. The van der Waals surface area contributed by atoms with Crippen LogP contribution in [0.5, 0.6) is 0 Å². The van der Waals surface area contributed by atoms with Gasteiger partial charge in [-0.25, -0.2) is 4.98 Å². The molecule has 1 saturated carbocycles. The van der Waals surface area contributed by atoms with Gasteiger partial charge in [0.05, 0.1) is 16.8 Å². The second-order valence-corrected chi connectivity index (χ2v) is 4.14. The van der Waals surface area contributed by atoms with Crippen LogP contribution in [-0.4, -0.2) is 10.1 Å². The molecule has 1 aliphatic carbocycles. The molecule has 1 aliphatic rings. The molecular weight excluding hydrogens is 158 g/mol. The zero-order valence-electron chi connectivity index (χ0n) is 6.45. The molecule has 0 saturated heterocycles. The van der Waals surface area contributed by atoms with Crippen molar-refractivity contribution in [2.45, 2.75) is 25.9 Å². The summed E-state index contributed by atoms with van der Waals surface area (Å²) in [6.07, 6.45) is 2.04. The number of aliphatic hydroxyl groups excluding tert-OH is 1. The lowest BCUT2D eigenvalue weighted by molar-refractivity contribution is 0.149. The molecule has 0 amide bonds. The van der Waals surface area contributed by atoms with E-state index >= 15 is 0 Å². The zero-order valence-corrected chi connectivity index (χ0v) is 7.27. The summed E-state index contributed by atoms with van der Waals surface area (Å²) in [4.78, 5) is 4.24. The normalized spacial score (nSPS) is 20.2. The van der Waals surface area contributed by atoms with Crippen molar-refractivity contribution in [2.75, 3.05) is 0 Å². The Morgan fingerprint density at radius 3 is 2.91 bits per heavy atom. The maximum absolute atomic E-state index is 9.62. The van der Waals surface area contributed by atoms with Crippen molar-refractivity contribution in [2.24, 2.45) is 5.92 Å². The maximum atomic E-state index is 9.62. The van der Waals surface area contributed by atoms with E-state index in [2.05, 4.69) is 4.98 Å². The maximum Gasteiger partial charge on any atom is 0.0996 e. The van der Waals surface area contributed by atoms with Gasteiger partial charge in [-0.3, -0.25) is 0 Å². The predicted octanol–water partition coefficient (Wildman–Crippen LogP) is 1.89. The highest BCUT2D eigenvalue weighted by Crippen LogP contribution is 2.40. The fourth-order valence-corrected chi connectivity index (χ4v) is 1.81. The first kappa shape index (κ1) is 7.25. The van der Waals surface area contributed by atoms with E-state index in [1.165, 1.54) is 0 Å². The van der Waals surface area contributed by atoms with Gasteiger partial charge < -0.3 is 5.11 Å². The molecule has 60 valence electrons. The molecule has 2 nitrogen and oxygen atoms in total. The lowest BCUT2D eigenvalue weighted by Gasteiger charge is -2.03. The molecule has 0 aromatic carbocycles. The molecule has 3 heteroatoms. The largest absolute Gasteiger partial charge is 0.386 e. The molecule has 1 unspecified atom stereocenters. The molecule has 11 heavy (non-hydrogen) atoms. The summed E-state index contributed by atoms with van der Waals surface area (Å²) >= 11 is 1.61. The van der Waals surface area contributed by atoms with Gasteiger partial charge in [0.1, 0.15) is 0 Å². The number of aliphatic hydroxyl groups is 1. The number of nitrogens with zero attached hydrogens (tertiary/aromatic N) is 1. The highest BCUT2D eigenvalue weighted by atomic mass is 32.1. The Bertz CT molecular complexity index is 254. The lowest BCUT2D eigenvalue weighted by atomic mass is 10.2. The van der Waals surface area contributed by atoms with Gasteiger partial charge in [0.25, 0.3) is 0 Å². The van der Waals surface area contributed by atoms with E-state index in [0.29, 0.717) is 5.92 Å². The van der Waals surface area contributed by atoms with Gasteiger partial charge in [-0.05, 0) is 25.7 Å². The molecular formula is C8H11NOS. The minimum atomic E-state index is -0.292. The second-order valence-electron chi connectivity index (χ2n) is 3.07.